The number of ether oxygens (including phenoxy) is 2. The Labute approximate surface area is 54.3 Å². The van der Waals surface area contributed by atoms with Crippen molar-refractivity contribution in [2.75, 3.05) is 14.2 Å². The summed E-state index contributed by atoms with van der Waals surface area (Å²) in [6.45, 7) is 0. The maximum Gasteiger partial charge on any atom is 0.334 e. The number of hydrogen-bond acceptors (Lipinski definition) is 4. The van der Waals surface area contributed by atoms with Crippen molar-refractivity contribution in [2.24, 2.45) is 0 Å². The Morgan fingerprint density at radius 3 is 1.67 bits per heavy atom. The second-order valence-corrected chi connectivity index (χ2v) is 2.17. The lowest BCUT2D eigenvalue weighted by molar-refractivity contribution is 0.193. The van der Waals surface area contributed by atoms with Crippen LogP contribution in [0.4, 0.5) is 9.59 Å². The molecule has 0 aliphatic heterocycles. The summed E-state index contributed by atoms with van der Waals surface area (Å²) >= 11 is 0. The molecule has 0 amide bonds. The van der Waals surface area contributed by atoms with Crippen LogP contribution in [0, 0.1) is 0 Å². The normalized spacial score (nSPS) is 8.22. The molecule has 0 saturated heterocycles. The van der Waals surface area contributed by atoms with Crippen LogP contribution in [0.25, 0.3) is 0 Å². The Morgan fingerprint density at radius 1 is 1.11 bits per heavy atom. The van der Waals surface area contributed by atoms with Crippen molar-refractivity contribution in [1.82, 2.24) is 0 Å². The predicted molar refractivity (Wildman–Crippen MR) is 33.1 cm³/mol. The van der Waals surface area contributed by atoms with Gasteiger partial charge in [0.05, 0.1) is 14.2 Å². The van der Waals surface area contributed by atoms with Crippen molar-refractivity contribution in [1.29, 1.82) is 0 Å². The molecule has 52 valence electrons. The van der Waals surface area contributed by atoms with E-state index in [9.17, 15) is 9.59 Å². The van der Waals surface area contributed by atoms with Gasteiger partial charge in [-0.2, -0.15) is 0 Å². The monoisotopic (exact) mass is 150 g/mol. The minimum atomic E-state index is -0.554. The Hall–Kier alpha value is -0.630. The van der Waals surface area contributed by atoms with Crippen LogP contribution < -0.4 is 0 Å². The Bertz CT molecular complexity index is 108. The molecule has 0 aliphatic carbocycles. The first-order valence-corrected chi connectivity index (χ1v) is 3.13. The third kappa shape index (κ3) is 3.91. The van der Waals surface area contributed by atoms with E-state index in [4.69, 9.17) is 0 Å². The smallest absolute Gasteiger partial charge is 0.334 e. The van der Waals surface area contributed by atoms with Gasteiger partial charge in [0.25, 0.3) is 0 Å². The molecule has 0 rings (SSSR count). The van der Waals surface area contributed by atoms with E-state index in [1.807, 2.05) is 0 Å². The molecule has 0 saturated carbocycles. The molecule has 0 fully saturated rings. The highest BCUT2D eigenvalue weighted by atomic mass is 31.1. The fourth-order valence-corrected chi connectivity index (χ4v) is 0.556. The second-order valence-electron chi connectivity index (χ2n) is 1.11. The second kappa shape index (κ2) is 4.27. The molecule has 0 atom stereocenters. The highest BCUT2D eigenvalue weighted by molar-refractivity contribution is 7.72. The summed E-state index contributed by atoms with van der Waals surface area (Å²) in [5.41, 5.74) is -1.11. The van der Waals surface area contributed by atoms with Gasteiger partial charge in [-0.1, -0.05) is 0 Å². The van der Waals surface area contributed by atoms with E-state index >= 15 is 0 Å². The molecular formula is C4H7O4P. The van der Waals surface area contributed by atoms with E-state index in [0.29, 0.717) is 0 Å². The molecule has 9 heavy (non-hydrogen) atoms. The number of rotatable bonds is 2. The molecule has 4 nitrogen and oxygen atoms in total. The summed E-state index contributed by atoms with van der Waals surface area (Å²) in [5, 5.41) is 0. The first-order chi connectivity index (χ1) is 4.20. The van der Waals surface area contributed by atoms with E-state index in [-0.39, 0.29) is 0 Å². The quantitative estimate of drug-likeness (QED) is 0.555. The van der Waals surface area contributed by atoms with Crippen molar-refractivity contribution in [3.8, 4) is 0 Å². The van der Waals surface area contributed by atoms with Crippen molar-refractivity contribution >= 4 is 20.0 Å². The molecule has 0 aromatic carbocycles. The number of hydrogen-bond donors (Lipinski definition) is 0. The molecule has 0 spiro atoms. The maximum atomic E-state index is 10.3. The van der Waals surface area contributed by atoms with Crippen LogP contribution in [-0.4, -0.2) is 25.6 Å². The largest absolute Gasteiger partial charge is 0.466 e. The van der Waals surface area contributed by atoms with Gasteiger partial charge in [0.2, 0.25) is 0 Å². The molecule has 0 aliphatic rings. The van der Waals surface area contributed by atoms with Crippen LogP contribution in [-0.2, 0) is 9.47 Å². The molecule has 0 aromatic rings. The van der Waals surface area contributed by atoms with Crippen molar-refractivity contribution < 1.29 is 19.1 Å². The van der Waals surface area contributed by atoms with Gasteiger partial charge in [-0.05, 0) is 0 Å². The van der Waals surface area contributed by atoms with Gasteiger partial charge in [0.15, 0.2) is 0 Å². The Balaban J connectivity index is 3.47. The van der Waals surface area contributed by atoms with Gasteiger partial charge in [-0.3, -0.25) is 0 Å². The lowest BCUT2D eigenvalue weighted by atomic mass is 11.4. The lowest BCUT2D eigenvalue weighted by Gasteiger charge is -1.94. The van der Waals surface area contributed by atoms with Crippen LogP contribution in [0.15, 0.2) is 0 Å². The standard InChI is InChI=1S/C4H7O4P/c1-7-3(5)9-4(6)8-2/h9H,1-2H3. The third-order valence-corrected chi connectivity index (χ3v) is 1.39. The van der Waals surface area contributed by atoms with Gasteiger partial charge in [0.1, 0.15) is 8.58 Å². The number of carbonyl (C=O) groups is 2. The SMILES string of the molecule is COC(=O)PC(=O)OC. The molecule has 0 radical (unpaired) electrons. The van der Waals surface area contributed by atoms with Gasteiger partial charge in [-0.25, -0.2) is 9.59 Å². The summed E-state index contributed by atoms with van der Waals surface area (Å²) in [4.78, 5) is 20.5. The molecular weight excluding hydrogens is 143 g/mol. The molecule has 0 heterocycles. The van der Waals surface area contributed by atoms with Crippen molar-refractivity contribution in [3.63, 3.8) is 0 Å². The average molecular weight is 150 g/mol. The average Bonchev–Trinajstić information content (AvgIpc) is 1.87. The molecule has 0 bridgehead atoms. The fourth-order valence-electron chi connectivity index (χ4n) is 0.185. The van der Waals surface area contributed by atoms with Crippen LogP contribution in [0.1, 0.15) is 0 Å². The highest BCUT2D eigenvalue weighted by Gasteiger charge is 2.07. The third-order valence-electron chi connectivity index (χ3n) is 0.575. The molecule has 0 aromatic heterocycles. The highest BCUT2D eigenvalue weighted by Crippen LogP contribution is 2.15. The maximum absolute atomic E-state index is 10.3. The van der Waals surface area contributed by atoms with Crippen molar-refractivity contribution in [3.05, 3.63) is 0 Å². The fraction of sp³-hybridized carbons (Fsp3) is 0.500. The summed E-state index contributed by atoms with van der Waals surface area (Å²) in [7, 11) is 1.90. The van der Waals surface area contributed by atoms with Gasteiger partial charge >= 0.3 is 11.4 Å². The van der Waals surface area contributed by atoms with Crippen LogP contribution >= 0.6 is 8.58 Å². The molecule has 0 N–H and O–H groups in total. The number of carbonyl (C=O) groups excluding carboxylic acids is 2. The van der Waals surface area contributed by atoms with Crippen LogP contribution in [0.5, 0.6) is 0 Å². The van der Waals surface area contributed by atoms with Gasteiger partial charge < -0.3 is 9.47 Å². The summed E-state index contributed by atoms with van der Waals surface area (Å²) in [5.74, 6) is 0. The van der Waals surface area contributed by atoms with E-state index in [0.717, 1.165) is 0 Å². The van der Waals surface area contributed by atoms with Crippen LogP contribution in [0.2, 0.25) is 0 Å². The zero-order valence-corrected chi connectivity index (χ0v) is 6.13. The number of methoxy groups -OCH3 is 2. The summed E-state index contributed by atoms with van der Waals surface area (Å²) in [6.07, 6.45) is 0. The zero-order chi connectivity index (χ0) is 7.28. The molecule has 5 heteroatoms. The minimum Gasteiger partial charge on any atom is -0.466 e. The van der Waals surface area contributed by atoms with Gasteiger partial charge in [-0.15, -0.1) is 0 Å². The van der Waals surface area contributed by atoms with E-state index in [2.05, 4.69) is 9.47 Å². The van der Waals surface area contributed by atoms with E-state index in [1.54, 1.807) is 0 Å². The topological polar surface area (TPSA) is 52.6 Å². The Kier molecular flexibility index (Phi) is 3.97. The Morgan fingerprint density at radius 2 is 1.44 bits per heavy atom. The van der Waals surface area contributed by atoms with Crippen molar-refractivity contribution in [2.45, 2.75) is 0 Å². The lowest BCUT2D eigenvalue weighted by Crippen LogP contribution is -1.95. The van der Waals surface area contributed by atoms with E-state index in [1.165, 1.54) is 14.2 Å². The van der Waals surface area contributed by atoms with E-state index < -0.39 is 20.0 Å². The molecule has 0 unspecified atom stereocenters. The zero-order valence-electron chi connectivity index (χ0n) is 5.13. The summed E-state index contributed by atoms with van der Waals surface area (Å²) < 4.78 is 8.39. The first kappa shape index (κ1) is 8.37. The minimum absolute atomic E-state index is 0.542. The van der Waals surface area contributed by atoms with Gasteiger partial charge in [0, 0.05) is 0 Å². The predicted octanol–water partition coefficient (Wildman–Crippen LogP) is 1.20. The first-order valence-electron chi connectivity index (χ1n) is 2.13. The van der Waals surface area contributed by atoms with Crippen LogP contribution in [0.3, 0.4) is 0 Å². The summed E-state index contributed by atoms with van der Waals surface area (Å²) in [6, 6.07) is 0.